The van der Waals surface area contributed by atoms with Crippen LogP contribution < -0.4 is 16.5 Å². The average Bonchev–Trinajstić information content (AvgIpc) is 2.51. The molecule has 21 heavy (non-hydrogen) atoms. The molecule has 1 aromatic carbocycles. The molecule has 0 fully saturated rings. The molecule has 0 radical (unpaired) electrons. The van der Waals surface area contributed by atoms with Crippen molar-refractivity contribution >= 4 is 34.8 Å². The lowest BCUT2D eigenvalue weighted by Crippen LogP contribution is -2.33. The molecule has 1 aromatic heterocycles. The van der Waals surface area contributed by atoms with Crippen LogP contribution in [0.15, 0.2) is 47.8 Å². The maximum absolute atomic E-state index is 5.76. The van der Waals surface area contributed by atoms with Crippen LogP contribution in [0.5, 0.6) is 0 Å². The topological polar surface area (TPSA) is 88.2 Å². The molecule has 108 valence electrons. The van der Waals surface area contributed by atoms with Crippen molar-refractivity contribution in [1.82, 2.24) is 20.7 Å². The molecular weight excluding hydrogens is 308 g/mol. The number of amidine groups is 1. The molecule has 0 saturated carbocycles. The van der Waals surface area contributed by atoms with Gasteiger partial charge in [-0.15, -0.1) is 0 Å². The average molecular weight is 321 g/mol. The monoisotopic (exact) mass is 320 g/mol. The summed E-state index contributed by atoms with van der Waals surface area (Å²) in [5.41, 5.74) is 9.89. The summed E-state index contributed by atoms with van der Waals surface area (Å²) in [4.78, 5) is 7.86. The van der Waals surface area contributed by atoms with Gasteiger partial charge in [0.1, 0.15) is 10.8 Å². The first-order valence-electron chi connectivity index (χ1n) is 6.04. The SMILES string of the molecule is N/C(=N\NC(=S)NCc1ccccc1)c1cncc(Cl)n1. The standard InChI is InChI=1S/C13H13ClN6S/c14-11-8-16-7-10(18-11)12(15)19-20-13(21)17-6-9-4-2-1-3-5-9/h1-5,7-8H,6H2,(H2,15,19)(H2,17,20,21). The molecule has 8 heteroatoms. The highest BCUT2D eigenvalue weighted by atomic mass is 35.5. The van der Waals surface area contributed by atoms with Crippen molar-refractivity contribution in [2.24, 2.45) is 10.8 Å². The van der Waals surface area contributed by atoms with Crippen molar-refractivity contribution in [1.29, 1.82) is 0 Å². The van der Waals surface area contributed by atoms with E-state index in [1.807, 2.05) is 30.3 Å². The first-order chi connectivity index (χ1) is 10.1. The fourth-order valence-electron chi connectivity index (χ4n) is 1.45. The Hall–Kier alpha value is -2.25. The van der Waals surface area contributed by atoms with Gasteiger partial charge in [0, 0.05) is 6.54 Å². The van der Waals surface area contributed by atoms with Gasteiger partial charge in [0.05, 0.1) is 12.4 Å². The summed E-state index contributed by atoms with van der Waals surface area (Å²) in [6.07, 6.45) is 2.88. The molecular formula is C13H13ClN6S. The summed E-state index contributed by atoms with van der Waals surface area (Å²) in [6.45, 7) is 0.596. The maximum atomic E-state index is 5.76. The van der Waals surface area contributed by atoms with E-state index in [0.29, 0.717) is 17.4 Å². The van der Waals surface area contributed by atoms with E-state index in [1.54, 1.807) is 0 Å². The summed E-state index contributed by atoms with van der Waals surface area (Å²) in [7, 11) is 0. The van der Waals surface area contributed by atoms with Gasteiger partial charge in [-0.2, -0.15) is 5.10 Å². The Labute approximate surface area is 132 Å². The summed E-state index contributed by atoms with van der Waals surface area (Å²) < 4.78 is 0. The number of benzene rings is 1. The molecule has 0 unspecified atom stereocenters. The molecule has 0 spiro atoms. The van der Waals surface area contributed by atoms with Crippen molar-refractivity contribution in [2.45, 2.75) is 6.54 Å². The van der Waals surface area contributed by atoms with Gasteiger partial charge in [-0.25, -0.2) is 4.98 Å². The minimum absolute atomic E-state index is 0.147. The number of hydrogen-bond acceptors (Lipinski definition) is 4. The summed E-state index contributed by atoms with van der Waals surface area (Å²) in [6, 6.07) is 9.86. The van der Waals surface area contributed by atoms with Gasteiger partial charge in [-0.05, 0) is 17.8 Å². The third-order valence-corrected chi connectivity index (χ3v) is 2.86. The molecule has 6 nitrogen and oxygen atoms in total. The molecule has 2 rings (SSSR count). The predicted octanol–water partition coefficient (Wildman–Crippen LogP) is 1.41. The largest absolute Gasteiger partial charge is 0.380 e. The Kier molecular flexibility index (Phi) is 5.42. The second-order valence-corrected chi connectivity index (χ2v) is 4.80. The number of rotatable bonds is 4. The number of thiocarbonyl (C=S) groups is 1. The van der Waals surface area contributed by atoms with Crippen LogP contribution in [0.3, 0.4) is 0 Å². The van der Waals surface area contributed by atoms with Crippen LogP contribution in [0.1, 0.15) is 11.3 Å². The fraction of sp³-hybridized carbons (Fsp3) is 0.0769. The van der Waals surface area contributed by atoms with Crippen LogP contribution in [0.2, 0.25) is 5.15 Å². The molecule has 4 N–H and O–H groups in total. The van der Waals surface area contributed by atoms with Crippen LogP contribution in [0, 0.1) is 0 Å². The minimum Gasteiger partial charge on any atom is -0.380 e. The van der Waals surface area contributed by atoms with Crippen LogP contribution in [-0.4, -0.2) is 20.9 Å². The predicted molar refractivity (Wildman–Crippen MR) is 86.8 cm³/mol. The lowest BCUT2D eigenvalue weighted by atomic mass is 10.2. The fourth-order valence-corrected chi connectivity index (χ4v) is 1.72. The second kappa shape index (κ2) is 7.51. The third-order valence-electron chi connectivity index (χ3n) is 2.44. The molecule has 0 atom stereocenters. The first kappa shape index (κ1) is 15.1. The van der Waals surface area contributed by atoms with E-state index in [-0.39, 0.29) is 11.0 Å². The summed E-state index contributed by atoms with van der Waals surface area (Å²) in [5.74, 6) is 0.147. The van der Waals surface area contributed by atoms with Crippen molar-refractivity contribution in [3.63, 3.8) is 0 Å². The Balaban J connectivity index is 1.87. The zero-order chi connectivity index (χ0) is 15.1. The van der Waals surface area contributed by atoms with Gasteiger partial charge in [0.2, 0.25) is 0 Å². The maximum Gasteiger partial charge on any atom is 0.187 e. The smallest absolute Gasteiger partial charge is 0.187 e. The van der Waals surface area contributed by atoms with E-state index in [2.05, 4.69) is 25.8 Å². The van der Waals surface area contributed by atoms with Crippen LogP contribution in [0.25, 0.3) is 0 Å². The lowest BCUT2D eigenvalue weighted by Gasteiger charge is -2.07. The zero-order valence-corrected chi connectivity index (χ0v) is 12.5. The van der Waals surface area contributed by atoms with Gasteiger partial charge >= 0.3 is 0 Å². The molecule has 1 heterocycles. The Morgan fingerprint density at radius 1 is 1.29 bits per heavy atom. The second-order valence-electron chi connectivity index (χ2n) is 4.00. The molecule has 0 aliphatic heterocycles. The number of nitrogens with zero attached hydrogens (tertiary/aromatic N) is 3. The van der Waals surface area contributed by atoms with E-state index in [0.717, 1.165) is 5.56 Å². The molecule has 0 aliphatic rings. The minimum atomic E-state index is 0.147. The van der Waals surface area contributed by atoms with Gasteiger partial charge in [-0.1, -0.05) is 41.9 Å². The quantitative estimate of drug-likeness (QED) is 0.342. The van der Waals surface area contributed by atoms with E-state index < -0.39 is 0 Å². The summed E-state index contributed by atoms with van der Waals surface area (Å²) >= 11 is 10.8. The van der Waals surface area contributed by atoms with E-state index >= 15 is 0 Å². The third kappa shape index (κ3) is 4.97. The lowest BCUT2D eigenvalue weighted by molar-refractivity contribution is 0.865. The number of halogens is 1. The zero-order valence-electron chi connectivity index (χ0n) is 11.0. The molecule has 2 aromatic rings. The van der Waals surface area contributed by atoms with E-state index in [1.165, 1.54) is 12.4 Å². The highest BCUT2D eigenvalue weighted by Gasteiger charge is 2.02. The van der Waals surface area contributed by atoms with E-state index in [9.17, 15) is 0 Å². The van der Waals surface area contributed by atoms with Gasteiger partial charge in [-0.3, -0.25) is 10.4 Å². The highest BCUT2D eigenvalue weighted by Crippen LogP contribution is 2.01. The van der Waals surface area contributed by atoms with Gasteiger partial charge < -0.3 is 11.1 Å². The van der Waals surface area contributed by atoms with Crippen LogP contribution >= 0.6 is 23.8 Å². The first-order valence-corrected chi connectivity index (χ1v) is 6.82. The van der Waals surface area contributed by atoms with Crippen LogP contribution in [0.4, 0.5) is 0 Å². The highest BCUT2D eigenvalue weighted by molar-refractivity contribution is 7.80. The number of nitrogens with two attached hydrogens (primary N) is 1. The number of hydrogen-bond donors (Lipinski definition) is 3. The van der Waals surface area contributed by atoms with Crippen molar-refractivity contribution < 1.29 is 0 Å². The number of nitrogens with one attached hydrogen (secondary N) is 2. The normalized spacial score (nSPS) is 11.0. The van der Waals surface area contributed by atoms with Crippen molar-refractivity contribution in [3.05, 3.63) is 59.1 Å². The Morgan fingerprint density at radius 3 is 2.76 bits per heavy atom. The van der Waals surface area contributed by atoms with Crippen molar-refractivity contribution in [3.8, 4) is 0 Å². The molecule has 0 saturated heterocycles. The Morgan fingerprint density at radius 2 is 2.05 bits per heavy atom. The van der Waals surface area contributed by atoms with Crippen LogP contribution in [-0.2, 0) is 6.54 Å². The molecule has 0 amide bonds. The van der Waals surface area contributed by atoms with E-state index in [4.69, 9.17) is 29.6 Å². The number of aromatic nitrogens is 2. The Bertz CT molecular complexity index is 646. The summed E-state index contributed by atoms with van der Waals surface area (Å²) in [5, 5.41) is 7.54. The van der Waals surface area contributed by atoms with Crippen molar-refractivity contribution in [2.75, 3.05) is 0 Å². The van der Waals surface area contributed by atoms with Gasteiger partial charge in [0.25, 0.3) is 0 Å². The van der Waals surface area contributed by atoms with Gasteiger partial charge in [0.15, 0.2) is 10.9 Å². The molecule has 0 aliphatic carbocycles. The molecule has 0 bridgehead atoms. The number of hydrazone groups is 1.